The van der Waals surface area contributed by atoms with Crippen LogP contribution in [0, 0.1) is 0 Å². The third kappa shape index (κ3) is 7.21. The van der Waals surface area contributed by atoms with Gasteiger partial charge in [-0.3, -0.25) is 0 Å². The van der Waals surface area contributed by atoms with Gasteiger partial charge in [-0.2, -0.15) is 0 Å². The molecule has 1 atom stereocenters. The van der Waals surface area contributed by atoms with Crippen molar-refractivity contribution < 1.29 is 9.47 Å². The van der Waals surface area contributed by atoms with Gasteiger partial charge in [-0.05, 0) is 55.3 Å². The number of anilines is 1. The first-order valence-corrected chi connectivity index (χ1v) is 8.07. The molecule has 0 aliphatic carbocycles. The largest absolute Gasteiger partial charge is 0.497 e. The van der Waals surface area contributed by atoms with E-state index in [1.165, 1.54) is 5.56 Å². The second kappa shape index (κ2) is 10.8. The van der Waals surface area contributed by atoms with Crippen molar-refractivity contribution in [2.75, 3.05) is 19.0 Å². The van der Waals surface area contributed by atoms with Gasteiger partial charge in [-0.1, -0.05) is 19.1 Å². The number of hydrogen-bond acceptors (Lipinski definition) is 3. The summed E-state index contributed by atoms with van der Waals surface area (Å²) in [5.41, 5.74) is 8.14. The highest BCUT2D eigenvalue weighted by molar-refractivity contribution is 14.0. The first-order valence-electron chi connectivity index (χ1n) is 8.07. The lowest BCUT2D eigenvalue weighted by Crippen LogP contribution is -2.25. The summed E-state index contributed by atoms with van der Waals surface area (Å²) >= 11 is 0. The van der Waals surface area contributed by atoms with Crippen molar-refractivity contribution in [2.24, 2.45) is 10.7 Å². The second-order valence-corrected chi connectivity index (χ2v) is 5.51. The van der Waals surface area contributed by atoms with Crippen LogP contribution in [0.15, 0.2) is 53.5 Å². The fraction of sp³-hybridized carbons (Fsp3) is 0.316. The van der Waals surface area contributed by atoms with Crippen LogP contribution in [-0.4, -0.2) is 25.7 Å². The molecule has 0 saturated heterocycles. The fourth-order valence-corrected chi connectivity index (χ4v) is 2.21. The lowest BCUT2D eigenvalue weighted by atomic mass is 10.1. The number of halogens is 1. The third-order valence-corrected chi connectivity index (χ3v) is 3.52. The highest BCUT2D eigenvalue weighted by Gasteiger charge is 2.04. The standard InChI is InChI=1S/C19H25N3O2.HI/c1-4-15-6-5-7-16(12-15)22-19(20)21-13-14(2)24-18-10-8-17(23-3)9-11-18;/h5-12,14H,4,13H2,1-3H3,(H3,20,21,22);1H. The number of ether oxygens (including phenoxy) is 2. The molecule has 0 spiro atoms. The number of nitrogens with two attached hydrogens (primary N) is 1. The van der Waals surface area contributed by atoms with Gasteiger partial charge in [0, 0.05) is 5.69 Å². The quantitative estimate of drug-likeness (QED) is 0.375. The molecule has 6 heteroatoms. The smallest absolute Gasteiger partial charge is 0.193 e. The first kappa shape index (κ1) is 21.1. The summed E-state index contributed by atoms with van der Waals surface area (Å²) in [6.07, 6.45) is 0.903. The van der Waals surface area contributed by atoms with Gasteiger partial charge in [-0.25, -0.2) is 4.99 Å². The number of nitrogens with one attached hydrogen (secondary N) is 1. The molecular weight excluding hydrogens is 429 g/mol. The molecule has 0 aliphatic heterocycles. The maximum atomic E-state index is 5.94. The molecule has 0 bridgehead atoms. The predicted octanol–water partition coefficient (Wildman–Crippen LogP) is 4.07. The molecule has 1 unspecified atom stereocenters. The third-order valence-electron chi connectivity index (χ3n) is 3.52. The molecule has 0 amide bonds. The van der Waals surface area contributed by atoms with Crippen molar-refractivity contribution in [3.8, 4) is 11.5 Å². The van der Waals surface area contributed by atoms with Crippen LogP contribution in [-0.2, 0) is 6.42 Å². The molecule has 0 saturated carbocycles. The lowest BCUT2D eigenvalue weighted by Gasteiger charge is -2.14. The van der Waals surface area contributed by atoms with E-state index in [4.69, 9.17) is 15.2 Å². The summed E-state index contributed by atoms with van der Waals surface area (Å²) in [5.74, 6) is 1.96. The molecule has 0 heterocycles. The minimum absolute atomic E-state index is 0. The van der Waals surface area contributed by atoms with Gasteiger partial charge in [-0.15, -0.1) is 24.0 Å². The van der Waals surface area contributed by atoms with Crippen LogP contribution in [0.25, 0.3) is 0 Å². The molecule has 0 fully saturated rings. The molecule has 2 aromatic rings. The molecule has 0 aromatic heterocycles. The van der Waals surface area contributed by atoms with Gasteiger partial charge >= 0.3 is 0 Å². The molecule has 3 N–H and O–H groups in total. The van der Waals surface area contributed by atoms with Crippen LogP contribution in [0.4, 0.5) is 5.69 Å². The van der Waals surface area contributed by atoms with Crippen LogP contribution in [0.2, 0.25) is 0 Å². The molecule has 136 valence electrons. The Hall–Kier alpha value is -1.96. The van der Waals surface area contributed by atoms with Crippen molar-refractivity contribution in [1.29, 1.82) is 0 Å². The minimum atomic E-state index is -0.0827. The van der Waals surface area contributed by atoms with E-state index in [1.54, 1.807) is 7.11 Å². The summed E-state index contributed by atoms with van der Waals surface area (Å²) in [4.78, 5) is 4.34. The predicted molar refractivity (Wildman–Crippen MR) is 114 cm³/mol. The number of aryl methyl sites for hydroxylation is 1. The van der Waals surface area contributed by atoms with Gasteiger partial charge < -0.3 is 20.5 Å². The Bertz CT molecular complexity index is 675. The van der Waals surface area contributed by atoms with Gasteiger partial charge in [0.1, 0.15) is 17.6 Å². The fourth-order valence-electron chi connectivity index (χ4n) is 2.21. The first-order chi connectivity index (χ1) is 11.6. The molecule has 25 heavy (non-hydrogen) atoms. The van der Waals surface area contributed by atoms with Crippen LogP contribution in [0.3, 0.4) is 0 Å². The number of methoxy groups -OCH3 is 1. The van der Waals surface area contributed by atoms with Crippen LogP contribution >= 0.6 is 24.0 Å². The Labute approximate surface area is 166 Å². The van der Waals surface area contributed by atoms with Gasteiger partial charge in [0.05, 0.1) is 13.7 Å². The summed E-state index contributed by atoms with van der Waals surface area (Å²) in [5, 5.41) is 3.11. The van der Waals surface area contributed by atoms with E-state index in [0.717, 1.165) is 23.6 Å². The van der Waals surface area contributed by atoms with Crippen molar-refractivity contribution in [2.45, 2.75) is 26.4 Å². The second-order valence-electron chi connectivity index (χ2n) is 5.51. The average molecular weight is 455 g/mol. The molecule has 5 nitrogen and oxygen atoms in total. The van der Waals surface area contributed by atoms with E-state index in [9.17, 15) is 0 Å². The molecule has 2 aromatic carbocycles. The zero-order valence-corrected chi connectivity index (χ0v) is 17.2. The molecular formula is C19H26IN3O2. The van der Waals surface area contributed by atoms with Crippen molar-refractivity contribution >= 4 is 35.6 Å². The topological polar surface area (TPSA) is 68.9 Å². The highest BCUT2D eigenvalue weighted by atomic mass is 127. The maximum absolute atomic E-state index is 5.94. The zero-order chi connectivity index (χ0) is 17.4. The Morgan fingerprint density at radius 1 is 1.16 bits per heavy atom. The van der Waals surface area contributed by atoms with Crippen molar-refractivity contribution in [3.63, 3.8) is 0 Å². The summed E-state index contributed by atoms with van der Waals surface area (Å²) in [6, 6.07) is 15.6. The number of hydrogen-bond donors (Lipinski definition) is 2. The minimum Gasteiger partial charge on any atom is -0.497 e. The summed E-state index contributed by atoms with van der Waals surface area (Å²) in [6.45, 7) is 4.55. The van der Waals surface area contributed by atoms with Gasteiger partial charge in [0.25, 0.3) is 0 Å². The van der Waals surface area contributed by atoms with Crippen LogP contribution < -0.4 is 20.5 Å². The molecule has 2 rings (SSSR count). The van der Waals surface area contributed by atoms with E-state index < -0.39 is 0 Å². The van der Waals surface area contributed by atoms with E-state index in [-0.39, 0.29) is 30.1 Å². The Morgan fingerprint density at radius 3 is 2.48 bits per heavy atom. The summed E-state index contributed by atoms with van der Waals surface area (Å²) < 4.78 is 10.9. The number of aliphatic imine (C=N–C) groups is 1. The Morgan fingerprint density at radius 2 is 1.84 bits per heavy atom. The number of benzene rings is 2. The number of guanidine groups is 1. The summed E-state index contributed by atoms with van der Waals surface area (Å²) in [7, 11) is 1.64. The number of nitrogens with zero attached hydrogens (tertiary/aromatic N) is 1. The number of rotatable bonds is 7. The normalized spacial score (nSPS) is 12.0. The Balaban J connectivity index is 0.00000312. The van der Waals surface area contributed by atoms with Crippen LogP contribution in [0.5, 0.6) is 11.5 Å². The molecule has 0 aliphatic rings. The van der Waals surface area contributed by atoms with Gasteiger partial charge in [0.2, 0.25) is 0 Å². The maximum Gasteiger partial charge on any atom is 0.193 e. The van der Waals surface area contributed by atoms with Crippen molar-refractivity contribution in [3.05, 3.63) is 54.1 Å². The zero-order valence-electron chi connectivity index (χ0n) is 14.9. The van der Waals surface area contributed by atoms with Crippen molar-refractivity contribution in [1.82, 2.24) is 0 Å². The van der Waals surface area contributed by atoms with E-state index >= 15 is 0 Å². The van der Waals surface area contributed by atoms with E-state index in [1.807, 2.05) is 43.3 Å². The Kier molecular flexibility index (Phi) is 9.12. The van der Waals surface area contributed by atoms with Crippen LogP contribution in [0.1, 0.15) is 19.4 Å². The lowest BCUT2D eigenvalue weighted by molar-refractivity contribution is 0.230. The average Bonchev–Trinajstić information content (AvgIpc) is 2.61. The van der Waals surface area contributed by atoms with Gasteiger partial charge in [0.15, 0.2) is 5.96 Å². The molecule has 0 radical (unpaired) electrons. The SMILES string of the molecule is CCc1cccc(NC(N)=NCC(C)Oc2ccc(OC)cc2)c1.I. The highest BCUT2D eigenvalue weighted by Crippen LogP contribution is 2.18. The van der Waals surface area contributed by atoms with E-state index in [2.05, 4.69) is 29.4 Å². The van der Waals surface area contributed by atoms with E-state index in [0.29, 0.717) is 12.5 Å². The monoisotopic (exact) mass is 455 g/mol.